The average molecular weight is 354 g/mol. The summed E-state index contributed by atoms with van der Waals surface area (Å²) in [7, 11) is 1.40. The van der Waals surface area contributed by atoms with Gasteiger partial charge in [0, 0.05) is 35.8 Å². The molecule has 3 heterocycles. The van der Waals surface area contributed by atoms with Crippen molar-refractivity contribution in [1.29, 1.82) is 0 Å². The minimum absolute atomic E-state index is 0.0502. The number of phenols is 1. The molecule has 0 saturated carbocycles. The Morgan fingerprint density at radius 2 is 2.23 bits per heavy atom. The van der Waals surface area contributed by atoms with Crippen LogP contribution in [0.1, 0.15) is 38.2 Å². The second-order valence-corrected chi connectivity index (χ2v) is 7.98. The SMILES string of the molecule is CC[C@]12CC(=O)N3CC[C@]4(C(=C(C(=O)OC)C1)Nc1cc(O)ccc14)[C@@H]32. The molecule has 1 aliphatic carbocycles. The van der Waals surface area contributed by atoms with Gasteiger partial charge in [0.1, 0.15) is 5.75 Å². The van der Waals surface area contributed by atoms with Crippen molar-refractivity contribution < 1.29 is 19.4 Å². The van der Waals surface area contributed by atoms with Crippen LogP contribution in [0.4, 0.5) is 5.69 Å². The van der Waals surface area contributed by atoms with Crippen molar-refractivity contribution in [1.82, 2.24) is 4.90 Å². The zero-order valence-electron chi connectivity index (χ0n) is 15.0. The lowest BCUT2D eigenvalue weighted by atomic mass is 9.56. The van der Waals surface area contributed by atoms with E-state index in [0.717, 1.165) is 29.8 Å². The van der Waals surface area contributed by atoms with Crippen LogP contribution in [0.25, 0.3) is 0 Å². The number of esters is 1. The fraction of sp³-hybridized carbons (Fsp3) is 0.500. The van der Waals surface area contributed by atoms with Gasteiger partial charge in [-0.2, -0.15) is 0 Å². The number of phenolic OH excluding ortho intramolecular Hbond substituents is 1. The van der Waals surface area contributed by atoms with E-state index in [1.807, 2.05) is 11.0 Å². The number of fused-ring (bicyclic) bond motifs is 1. The maximum atomic E-state index is 12.8. The Bertz CT molecular complexity index is 892. The largest absolute Gasteiger partial charge is 0.508 e. The van der Waals surface area contributed by atoms with Gasteiger partial charge in [0.15, 0.2) is 0 Å². The molecule has 136 valence electrons. The van der Waals surface area contributed by atoms with E-state index in [1.165, 1.54) is 7.11 Å². The van der Waals surface area contributed by atoms with Gasteiger partial charge in [-0.15, -0.1) is 0 Å². The number of carbonyl (C=O) groups excluding carboxylic acids is 2. The Labute approximate surface area is 151 Å². The summed E-state index contributed by atoms with van der Waals surface area (Å²) in [6.45, 7) is 2.81. The molecular weight excluding hydrogens is 332 g/mol. The number of nitrogens with one attached hydrogen (secondary N) is 1. The first-order valence-corrected chi connectivity index (χ1v) is 9.19. The van der Waals surface area contributed by atoms with E-state index in [-0.39, 0.29) is 29.1 Å². The molecule has 2 N–H and O–H groups in total. The highest BCUT2D eigenvalue weighted by Gasteiger charge is 2.69. The molecule has 6 nitrogen and oxygen atoms in total. The molecule has 3 aliphatic heterocycles. The molecule has 5 rings (SSSR count). The standard InChI is InChI=1S/C20H22N2O4/c1-3-19-9-12(17(25)26-2)16-20(6-7-22(18(19)20)15(24)10-19)13-5-4-11(23)8-14(13)21-16/h4-5,8,18,21,23H,3,6-7,9-10H2,1-2H3/t18-,19+,20-/m0/s1. The average Bonchev–Trinajstić information content (AvgIpc) is 3.27. The minimum Gasteiger partial charge on any atom is -0.508 e. The minimum atomic E-state index is -0.410. The van der Waals surface area contributed by atoms with Gasteiger partial charge in [-0.1, -0.05) is 13.0 Å². The molecule has 2 fully saturated rings. The van der Waals surface area contributed by atoms with Crippen molar-refractivity contribution in [2.75, 3.05) is 19.0 Å². The second-order valence-electron chi connectivity index (χ2n) is 7.98. The Morgan fingerprint density at radius 3 is 2.96 bits per heavy atom. The number of ether oxygens (including phenoxy) is 1. The van der Waals surface area contributed by atoms with Gasteiger partial charge in [-0.05, 0) is 30.9 Å². The van der Waals surface area contributed by atoms with Gasteiger partial charge in [0.05, 0.1) is 24.1 Å². The van der Waals surface area contributed by atoms with Crippen LogP contribution in [0.15, 0.2) is 29.5 Å². The summed E-state index contributed by atoms with van der Waals surface area (Å²) in [6.07, 6.45) is 2.65. The highest BCUT2D eigenvalue weighted by molar-refractivity contribution is 5.95. The van der Waals surface area contributed by atoms with Crippen molar-refractivity contribution in [2.24, 2.45) is 5.41 Å². The molecule has 1 amide bonds. The van der Waals surface area contributed by atoms with Crippen LogP contribution >= 0.6 is 0 Å². The first kappa shape index (κ1) is 15.7. The molecule has 2 saturated heterocycles. The van der Waals surface area contributed by atoms with E-state index >= 15 is 0 Å². The number of nitrogens with zero attached hydrogens (tertiary/aromatic N) is 1. The van der Waals surface area contributed by atoms with Crippen LogP contribution in [0.2, 0.25) is 0 Å². The Morgan fingerprint density at radius 1 is 1.42 bits per heavy atom. The predicted octanol–water partition coefficient (Wildman–Crippen LogP) is 2.29. The monoisotopic (exact) mass is 354 g/mol. The molecule has 0 aromatic heterocycles. The second kappa shape index (κ2) is 4.81. The molecule has 0 unspecified atom stereocenters. The predicted molar refractivity (Wildman–Crippen MR) is 94.5 cm³/mol. The third-order valence-electron chi connectivity index (χ3n) is 7.09. The fourth-order valence-corrected chi connectivity index (χ4v) is 6.08. The van der Waals surface area contributed by atoms with Crippen LogP contribution in [-0.4, -0.2) is 41.6 Å². The van der Waals surface area contributed by atoms with E-state index in [2.05, 4.69) is 12.2 Å². The summed E-state index contributed by atoms with van der Waals surface area (Å²) in [4.78, 5) is 27.5. The summed E-state index contributed by atoms with van der Waals surface area (Å²) >= 11 is 0. The van der Waals surface area contributed by atoms with Crippen LogP contribution in [0, 0.1) is 5.41 Å². The highest BCUT2D eigenvalue weighted by Crippen LogP contribution is 2.66. The summed E-state index contributed by atoms with van der Waals surface area (Å²) in [5.74, 6) is 0.0463. The van der Waals surface area contributed by atoms with E-state index in [1.54, 1.807) is 12.1 Å². The summed E-state index contributed by atoms with van der Waals surface area (Å²) in [5.41, 5.74) is 2.77. The molecule has 0 bridgehead atoms. The molecule has 3 atom stereocenters. The molecular formula is C20H22N2O4. The van der Waals surface area contributed by atoms with Gasteiger partial charge < -0.3 is 20.1 Å². The lowest BCUT2D eigenvalue weighted by Crippen LogP contribution is -2.53. The molecule has 1 spiro atoms. The number of hydrogen-bond donors (Lipinski definition) is 2. The third kappa shape index (κ3) is 1.59. The molecule has 1 aromatic rings. The number of anilines is 1. The first-order chi connectivity index (χ1) is 12.5. The van der Waals surface area contributed by atoms with Gasteiger partial charge in [0.25, 0.3) is 0 Å². The van der Waals surface area contributed by atoms with E-state index in [4.69, 9.17) is 4.74 Å². The van der Waals surface area contributed by atoms with Gasteiger partial charge >= 0.3 is 5.97 Å². The van der Waals surface area contributed by atoms with E-state index in [9.17, 15) is 14.7 Å². The van der Waals surface area contributed by atoms with Crippen LogP contribution in [0.5, 0.6) is 5.75 Å². The van der Waals surface area contributed by atoms with Crippen LogP contribution in [0.3, 0.4) is 0 Å². The van der Waals surface area contributed by atoms with Crippen molar-refractivity contribution >= 4 is 17.6 Å². The maximum absolute atomic E-state index is 12.8. The number of hydrogen-bond acceptors (Lipinski definition) is 5. The molecule has 4 aliphatic rings. The number of rotatable bonds is 2. The van der Waals surface area contributed by atoms with E-state index < -0.39 is 5.41 Å². The van der Waals surface area contributed by atoms with E-state index in [0.29, 0.717) is 25.0 Å². The molecule has 26 heavy (non-hydrogen) atoms. The van der Waals surface area contributed by atoms with Gasteiger partial charge in [-0.25, -0.2) is 4.79 Å². The normalized spacial score (nSPS) is 33.7. The van der Waals surface area contributed by atoms with Gasteiger partial charge in [-0.3, -0.25) is 4.79 Å². The number of aromatic hydroxyl groups is 1. The van der Waals surface area contributed by atoms with Crippen molar-refractivity contribution in [3.05, 3.63) is 35.0 Å². The van der Waals surface area contributed by atoms with Gasteiger partial charge in [0.2, 0.25) is 5.91 Å². The number of methoxy groups -OCH3 is 1. The Hall–Kier alpha value is -2.50. The third-order valence-corrected chi connectivity index (χ3v) is 7.09. The molecule has 1 aromatic carbocycles. The summed E-state index contributed by atoms with van der Waals surface area (Å²) < 4.78 is 5.10. The zero-order chi connectivity index (χ0) is 18.3. The maximum Gasteiger partial charge on any atom is 0.335 e. The summed E-state index contributed by atoms with van der Waals surface area (Å²) in [5, 5.41) is 13.3. The lowest BCUT2D eigenvalue weighted by Gasteiger charge is -2.48. The number of amides is 1. The van der Waals surface area contributed by atoms with Crippen molar-refractivity contribution in [3.63, 3.8) is 0 Å². The first-order valence-electron chi connectivity index (χ1n) is 9.19. The number of benzene rings is 1. The fourth-order valence-electron chi connectivity index (χ4n) is 6.08. The van der Waals surface area contributed by atoms with Crippen molar-refractivity contribution in [3.8, 4) is 5.75 Å². The zero-order valence-corrected chi connectivity index (χ0v) is 15.0. The number of carbonyl (C=O) groups is 2. The van der Waals surface area contributed by atoms with Crippen LogP contribution in [-0.2, 0) is 19.7 Å². The quantitative estimate of drug-likeness (QED) is 0.797. The Kier molecular flexibility index (Phi) is 2.91. The Balaban J connectivity index is 1.83. The van der Waals surface area contributed by atoms with Crippen LogP contribution < -0.4 is 5.32 Å². The summed E-state index contributed by atoms with van der Waals surface area (Å²) in [6, 6.07) is 5.39. The molecule has 6 heteroatoms. The smallest absolute Gasteiger partial charge is 0.335 e. The molecule has 0 radical (unpaired) electrons. The highest BCUT2D eigenvalue weighted by atomic mass is 16.5. The van der Waals surface area contributed by atoms with Crippen molar-refractivity contribution in [2.45, 2.75) is 44.1 Å². The lowest BCUT2D eigenvalue weighted by molar-refractivity contribution is -0.137. The topological polar surface area (TPSA) is 78.9 Å².